The van der Waals surface area contributed by atoms with Gasteiger partial charge in [0.2, 0.25) is 0 Å². The third kappa shape index (κ3) is 3.53. The van der Waals surface area contributed by atoms with E-state index >= 15 is 0 Å². The first-order valence-electron chi connectivity index (χ1n) is 7.71. The first-order chi connectivity index (χ1) is 11.2. The molecule has 8 heteroatoms. The highest BCUT2D eigenvalue weighted by Gasteiger charge is 2.33. The lowest BCUT2D eigenvalue weighted by atomic mass is 9.89. The van der Waals surface area contributed by atoms with E-state index in [2.05, 4.69) is 11.9 Å². The molecule has 1 amide bonds. The van der Waals surface area contributed by atoms with E-state index in [1.807, 2.05) is 0 Å². The van der Waals surface area contributed by atoms with Crippen LogP contribution in [0.2, 0.25) is 0 Å². The van der Waals surface area contributed by atoms with Crippen LogP contribution in [0.1, 0.15) is 48.0 Å². The molecule has 0 aromatic heterocycles. The summed E-state index contributed by atoms with van der Waals surface area (Å²) in [5, 5.41) is 0. The number of benzene rings is 1. The van der Waals surface area contributed by atoms with E-state index in [1.54, 1.807) is 6.07 Å². The molecule has 2 atom stereocenters. The van der Waals surface area contributed by atoms with Crippen molar-refractivity contribution < 1.29 is 17.9 Å². The van der Waals surface area contributed by atoms with Gasteiger partial charge in [0.15, 0.2) is 21.5 Å². The number of nitrogens with zero attached hydrogens (tertiary/aromatic N) is 1. The van der Waals surface area contributed by atoms with E-state index < -0.39 is 21.7 Å². The predicted octanol–water partition coefficient (Wildman–Crippen LogP) is 1.42. The van der Waals surface area contributed by atoms with Gasteiger partial charge >= 0.3 is 0 Å². The molecule has 1 aromatic carbocycles. The highest BCUT2D eigenvalue weighted by Crippen LogP contribution is 2.44. The maximum absolute atomic E-state index is 12.4. The SMILES string of the molecule is COc1c(C(=O)N=C(N)N)ccc(C2CCCC2C)c1S(C)(=O)=O. The van der Waals surface area contributed by atoms with Crippen LogP contribution in [0.15, 0.2) is 22.0 Å². The number of nitrogens with two attached hydrogens (primary N) is 2. The molecule has 0 spiro atoms. The van der Waals surface area contributed by atoms with Crippen molar-refractivity contribution >= 4 is 21.7 Å². The molecule has 4 N–H and O–H groups in total. The predicted molar refractivity (Wildman–Crippen MR) is 92.0 cm³/mol. The quantitative estimate of drug-likeness (QED) is 0.623. The number of guanidine groups is 1. The number of hydrogen-bond donors (Lipinski definition) is 2. The number of carbonyl (C=O) groups is 1. The number of rotatable bonds is 4. The van der Waals surface area contributed by atoms with Crippen LogP contribution in [0.4, 0.5) is 0 Å². The van der Waals surface area contributed by atoms with Gasteiger partial charge in [-0.1, -0.05) is 25.8 Å². The Bertz CT molecular complexity index is 783. The maximum Gasteiger partial charge on any atom is 0.283 e. The van der Waals surface area contributed by atoms with Crippen molar-refractivity contribution in [2.75, 3.05) is 13.4 Å². The van der Waals surface area contributed by atoms with Gasteiger partial charge in [0.05, 0.1) is 12.7 Å². The Kier molecular flexibility index (Phi) is 5.17. The standard InChI is InChI=1S/C16H23N3O4S/c1-9-5-4-6-10(9)11-7-8-12(15(20)19-16(17)18)13(23-2)14(11)24(3,21)22/h7-10H,4-6H2,1-3H3,(H4,17,18,19,20). The third-order valence-electron chi connectivity index (χ3n) is 4.44. The zero-order chi connectivity index (χ0) is 18.1. The van der Waals surface area contributed by atoms with Gasteiger partial charge in [-0.2, -0.15) is 4.99 Å². The lowest BCUT2D eigenvalue weighted by Crippen LogP contribution is -2.24. The van der Waals surface area contributed by atoms with Crippen LogP contribution in [-0.4, -0.2) is 33.7 Å². The van der Waals surface area contributed by atoms with Crippen LogP contribution < -0.4 is 16.2 Å². The first-order valence-corrected chi connectivity index (χ1v) is 9.60. The number of methoxy groups -OCH3 is 1. The molecular weight excluding hydrogens is 330 g/mol. The van der Waals surface area contributed by atoms with E-state index in [4.69, 9.17) is 16.2 Å². The molecule has 1 aromatic rings. The molecule has 1 fully saturated rings. The molecule has 1 aliphatic carbocycles. The van der Waals surface area contributed by atoms with Gasteiger partial charge in [0.1, 0.15) is 4.90 Å². The van der Waals surface area contributed by atoms with Gasteiger partial charge in [-0.25, -0.2) is 8.42 Å². The van der Waals surface area contributed by atoms with Crippen molar-refractivity contribution in [3.63, 3.8) is 0 Å². The van der Waals surface area contributed by atoms with E-state index in [0.717, 1.165) is 25.5 Å². The summed E-state index contributed by atoms with van der Waals surface area (Å²) in [6, 6.07) is 3.21. The van der Waals surface area contributed by atoms with Gasteiger partial charge in [-0.3, -0.25) is 4.79 Å². The van der Waals surface area contributed by atoms with Gasteiger partial charge in [0.25, 0.3) is 5.91 Å². The normalized spacial score (nSPS) is 20.6. The van der Waals surface area contributed by atoms with Crippen LogP contribution >= 0.6 is 0 Å². The number of hydrogen-bond acceptors (Lipinski definition) is 4. The minimum absolute atomic E-state index is 0.00380. The second-order valence-corrected chi connectivity index (χ2v) is 8.15. The van der Waals surface area contributed by atoms with Crippen molar-refractivity contribution in [2.45, 2.75) is 37.0 Å². The van der Waals surface area contributed by atoms with Crippen molar-refractivity contribution in [1.29, 1.82) is 0 Å². The molecule has 1 aliphatic rings. The Morgan fingerprint density at radius 3 is 2.42 bits per heavy atom. The summed E-state index contributed by atoms with van der Waals surface area (Å²) in [6.07, 6.45) is 4.12. The van der Waals surface area contributed by atoms with E-state index in [-0.39, 0.29) is 22.1 Å². The van der Waals surface area contributed by atoms with Gasteiger partial charge in [-0.15, -0.1) is 0 Å². The molecule has 0 aliphatic heterocycles. The van der Waals surface area contributed by atoms with Crippen LogP contribution in [0.5, 0.6) is 5.75 Å². The maximum atomic E-state index is 12.4. The Balaban J connectivity index is 2.72. The zero-order valence-corrected chi connectivity index (χ0v) is 14.9. The number of amides is 1. The molecule has 0 saturated heterocycles. The van der Waals surface area contributed by atoms with Crippen molar-refractivity contribution in [2.24, 2.45) is 22.4 Å². The average molecular weight is 353 g/mol. The van der Waals surface area contributed by atoms with Crippen molar-refractivity contribution in [3.05, 3.63) is 23.3 Å². The van der Waals surface area contributed by atoms with E-state index in [1.165, 1.54) is 13.2 Å². The number of carbonyl (C=O) groups excluding carboxylic acids is 1. The topological polar surface area (TPSA) is 125 Å². The highest BCUT2D eigenvalue weighted by molar-refractivity contribution is 7.90. The number of sulfone groups is 1. The Labute approximate surface area is 142 Å². The van der Waals surface area contributed by atoms with E-state index in [0.29, 0.717) is 11.5 Å². The number of ether oxygens (including phenoxy) is 1. The molecule has 2 unspecified atom stereocenters. The molecule has 132 valence electrons. The summed E-state index contributed by atoms with van der Waals surface area (Å²) in [5.41, 5.74) is 11.2. The lowest BCUT2D eigenvalue weighted by molar-refractivity contribution is 0.0999. The smallest absolute Gasteiger partial charge is 0.283 e. The molecule has 0 radical (unpaired) electrons. The fraction of sp³-hybridized carbons (Fsp3) is 0.500. The summed E-state index contributed by atoms with van der Waals surface area (Å²) in [6.45, 7) is 2.11. The fourth-order valence-corrected chi connectivity index (χ4v) is 4.59. The summed E-state index contributed by atoms with van der Waals surface area (Å²) >= 11 is 0. The molecule has 7 nitrogen and oxygen atoms in total. The summed E-state index contributed by atoms with van der Waals surface area (Å²) < 4.78 is 30.1. The Hall–Kier alpha value is -2.09. The fourth-order valence-electron chi connectivity index (χ4n) is 3.41. The van der Waals surface area contributed by atoms with Gasteiger partial charge < -0.3 is 16.2 Å². The average Bonchev–Trinajstić information content (AvgIpc) is 2.89. The second-order valence-electron chi connectivity index (χ2n) is 6.19. The summed E-state index contributed by atoms with van der Waals surface area (Å²) in [4.78, 5) is 15.7. The summed E-state index contributed by atoms with van der Waals surface area (Å²) in [5.74, 6) is -0.631. The van der Waals surface area contributed by atoms with Crippen LogP contribution in [0.25, 0.3) is 0 Å². The molecular formula is C16H23N3O4S. The van der Waals surface area contributed by atoms with Gasteiger partial charge in [-0.05, 0) is 29.9 Å². The third-order valence-corrected chi connectivity index (χ3v) is 5.60. The van der Waals surface area contributed by atoms with E-state index in [9.17, 15) is 13.2 Å². The van der Waals surface area contributed by atoms with Crippen LogP contribution in [0.3, 0.4) is 0 Å². The highest BCUT2D eigenvalue weighted by atomic mass is 32.2. The largest absolute Gasteiger partial charge is 0.495 e. The van der Waals surface area contributed by atoms with Crippen molar-refractivity contribution in [3.8, 4) is 5.75 Å². The minimum atomic E-state index is -3.61. The van der Waals surface area contributed by atoms with Crippen LogP contribution in [-0.2, 0) is 9.84 Å². The lowest BCUT2D eigenvalue weighted by Gasteiger charge is -2.22. The molecule has 0 heterocycles. The Morgan fingerprint density at radius 2 is 1.96 bits per heavy atom. The molecule has 1 saturated carbocycles. The zero-order valence-electron chi connectivity index (χ0n) is 14.1. The molecule has 24 heavy (non-hydrogen) atoms. The number of aliphatic imine (C=N–C) groups is 1. The minimum Gasteiger partial charge on any atom is -0.495 e. The van der Waals surface area contributed by atoms with Gasteiger partial charge in [0, 0.05) is 6.26 Å². The summed E-state index contributed by atoms with van der Waals surface area (Å²) in [7, 11) is -2.28. The van der Waals surface area contributed by atoms with Crippen molar-refractivity contribution in [1.82, 2.24) is 0 Å². The molecule has 0 bridgehead atoms. The monoisotopic (exact) mass is 353 g/mol. The first kappa shape index (κ1) is 18.3. The second kappa shape index (κ2) is 6.80. The van der Waals surface area contributed by atoms with Crippen LogP contribution in [0, 0.1) is 5.92 Å². The Morgan fingerprint density at radius 1 is 1.29 bits per heavy atom. The molecule has 2 rings (SSSR count).